The Hall–Kier alpha value is -2.21. The molecule has 0 amide bonds. The van der Waals surface area contributed by atoms with Crippen molar-refractivity contribution in [3.05, 3.63) is 53.9 Å². The molecule has 2 heterocycles. The number of likely N-dealkylation sites (N-methyl/N-ethyl adjacent to an activating group) is 1. The smallest absolute Gasteiger partial charge is 0.303 e. The summed E-state index contributed by atoms with van der Waals surface area (Å²) < 4.78 is 31.2. The Morgan fingerprint density at radius 3 is 2.53 bits per heavy atom. The van der Waals surface area contributed by atoms with Crippen LogP contribution in [-0.2, 0) is 16.6 Å². The third kappa shape index (κ3) is 3.89. The average Bonchev–Trinajstić information content (AvgIpc) is 2.76. The summed E-state index contributed by atoms with van der Waals surface area (Å²) >= 11 is 0. The molecule has 2 aromatic rings. The van der Waals surface area contributed by atoms with Crippen molar-refractivity contribution >= 4 is 6.29 Å². The lowest BCUT2D eigenvalue weighted by atomic mass is 9.52. The van der Waals surface area contributed by atoms with E-state index in [1.165, 1.54) is 56.2 Å². The highest BCUT2D eigenvalue weighted by Crippen LogP contribution is 2.55. The Morgan fingerprint density at radius 1 is 1.10 bits per heavy atom. The first kappa shape index (κ1) is 21.0. The van der Waals surface area contributed by atoms with Crippen molar-refractivity contribution in [2.45, 2.75) is 56.2 Å². The van der Waals surface area contributed by atoms with E-state index in [1.54, 1.807) is 11.1 Å². The van der Waals surface area contributed by atoms with Crippen molar-refractivity contribution < 1.29 is 18.0 Å². The van der Waals surface area contributed by atoms with E-state index in [0.29, 0.717) is 5.41 Å². The van der Waals surface area contributed by atoms with Crippen LogP contribution in [0, 0.1) is 5.92 Å². The number of aldehydes is 1. The van der Waals surface area contributed by atoms with Crippen molar-refractivity contribution in [2.24, 2.45) is 5.92 Å². The van der Waals surface area contributed by atoms with Gasteiger partial charge in [0.05, 0.1) is 0 Å². The SMILES string of the molecule is CN1CCC23CCCC[C@@H]2[C@H]1Cc1ccc(-c2ccncc2)cc13.O=CC(F)(F)F. The molecule has 6 heteroatoms. The maximum absolute atomic E-state index is 10.4. The van der Waals surface area contributed by atoms with Crippen LogP contribution < -0.4 is 0 Å². The van der Waals surface area contributed by atoms with E-state index in [2.05, 4.69) is 47.3 Å². The van der Waals surface area contributed by atoms with Gasteiger partial charge in [0.25, 0.3) is 0 Å². The van der Waals surface area contributed by atoms with E-state index in [0.717, 1.165) is 12.0 Å². The van der Waals surface area contributed by atoms with Gasteiger partial charge < -0.3 is 4.90 Å². The number of fused-ring (bicyclic) bond motifs is 1. The standard InChI is InChI=1S/C22H26N2.C2HF3O/c1-24-13-10-22-9-3-2-4-19(22)21(24)15-18-6-5-17(14-20(18)22)16-7-11-23-12-8-16;3-2(4,5)1-6/h5-8,11-12,14,19,21H,2-4,9-10,13,15H2,1H3;1H/t19-,21-,22?;/m1./s1. The summed E-state index contributed by atoms with van der Waals surface area (Å²) in [5, 5.41) is 0. The summed E-state index contributed by atoms with van der Waals surface area (Å²) in [5.41, 5.74) is 6.42. The topological polar surface area (TPSA) is 33.2 Å². The molecule has 1 saturated heterocycles. The molecule has 0 radical (unpaired) electrons. The predicted octanol–water partition coefficient (Wildman–Crippen LogP) is 5.18. The molecule has 2 aliphatic carbocycles. The molecular weight excluding hydrogens is 389 g/mol. The molecule has 1 unspecified atom stereocenters. The van der Waals surface area contributed by atoms with Gasteiger partial charge >= 0.3 is 6.18 Å². The molecule has 2 bridgehead atoms. The minimum atomic E-state index is -4.64. The van der Waals surface area contributed by atoms with Crippen molar-refractivity contribution in [3.63, 3.8) is 0 Å². The third-order valence-corrected chi connectivity index (χ3v) is 7.26. The summed E-state index contributed by atoms with van der Waals surface area (Å²) in [6.45, 7) is 1.26. The van der Waals surface area contributed by atoms with Gasteiger partial charge in [-0.1, -0.05) is 31.0 Å². The van der Waals surface area contributed by atoms with Gasteiger partial charge in [-0.2, -0.15) is 13.2 Å². The highest BCUT2D eigenvalue weighted by atomic mass is 19.4. The summed E-state index contributed by atoms with van der Waals surface area (Å²) in [6, 6.07) is 12.3. The van der Waals surface area contributed by atoms with Gasteiger partial charge in [0.1, 0.15) is 0 Å². The molecule has 1 aromatic carbocycles. The Labute approximate surface area is 175 Å². The maximum Gasteiger partial charge on any atom is 0.446 e. The number of halogens is 3. The summed E-state index contributed by atoms with van der Waals surface area (Å²) in [5.74, 6) is 0.866. The average molecular weight is 416 g/mol. The highest BCUT2D eigenvalue weighted by Gasteiger charge is 2.52. The fraction of sp³-hybridized carbons (Fsp3) is 0.500. The van der Waals surface area contributed by atoms with Crippen LogP contribution in [0.15, 0.2) is 42.7 Å². The Balaban J connectivity index is 0.000000322. The molecule has 0 spiro atoms. The maximum atomic E-state index is 10.4. The van der Waals surface area contributed by atoms with E-state index in [4.69, 9.17) is 4.79 Å². The molecule has 1 saturated carbocycles. The van der Waals surface area contributed by atoms with Crippen LogP contribution in [-0.4, -0.2) is 42.0 Å². The number of likely N-dealkylation sites (tertiary alicyclic amines) is 1. The molecule has 5 rings (SSSR count). The number of piperidine rings is 1. The van der Waals surface area contributed by atoms with E-state index in [9.17, 15) is 13.2 Å². The second-order valence-corrected chi connectivity index (χ2v) is 8.78. The second-order valence-electron chi connectivity index (χ2n) is 8.78. The van der Waals surface area contributed by atoms with E-state index in [1.807, 2.05) is 12.4 Å². The molecule has 160 valence electrons. The van der Waals surface area contributed by atoms with E-state index in [-0.39, 0.29) is 0 Å². The number of nitrogens with zero attached hydrogens (tertiary/aromatic N) is 2. The zero-order valence-corrected chi connectivity index (χ0v) is 17.2. The molecule has 3 atom stereocenters. The third-order valence-electron chi connectivity index (χ3n) is 7.26. The van der Waals surface area contributed by atoms with Crippen molar-refractivity contribution in [3.8, 4) is 11.1 Å². The van der Waals surface area contributed by atoms with Crippen LogP contribution in [0.2, 0.25) is 0 Å². The first-order valence-corrected chi connectivity index (χ1v) is 10.6. The fourth-order valence-electron chi connectivity index (χ4n) is 5.92. The lowest BCUT2D eigenvalue weighted by Gasteiger charge is -2.58. The number of rotatable bonds is 1. The van der Waals surface area contributed by atoms with Gasteiger partial charge in [0.2, 0.25) is 6.29 Å². The van der Waals surface area contributed by atoms with E-state index < -0.39 is 12.5 Å². The first-order chi connectivity index (χ1) is 14.3. The van der Waals surface area contributed by atoms with Crippen LogP contribution in [0.4, 0.5) is 13.2 Å². The second kappa shape index (κ2) is 8.14. The number of hydrogen-bond acceptors (Lipinski definition) is 3. The van der Waals surface area contributed by atoms with Crippen LogP contribution in [0.3, 0.4) is 0 Å². The fourth-order valence-corrected chi connectivity index (χ4v) is 5.92. The Kier molecular flexibility index (Phi) is 5.71. The molecule has 1 aliphatic heterocycles. The zero-order chi connectivity index (χ0) is 21.4. The zero-order valence-electron chi connectivity index (χ0n) is 17.2. The minimum absolute atomic E-state index is 0.450. The van der Waals surface area contributed by atoms with Crippen LogP contribution >= 0.6 is 0 Å². The molecule has 0 N–H and O–H groups in total. The first-order valence-electron chi connectivity index (χ1n) is 10.6. The lowest BCUT2D eigenvalue weighted by molar-refractivity contribution is -0.156. The van der Waals surface area contributed by atoms with Gasteiger partial charge in [-0.3, -0.25) is 9.78 Å². The molecule has 3 aliphatic rings. The molecule has 2 fully saturated rings. The molecular formula is C24H27F3N2O. The van der Waals surface area contributed by atoms with Gasteiger partial charge in [0, 0.05) is 23.9 Å². The van der Waals surface area contributed by atoms with E-state index >= 15 is 0 Å². The number of carbonyl (C=O) groups excluding carboxylic acids is 1. The normalized spacial score (nSPS) is 27.9. The van der Waals surface area contributed by atoms with Crippen molar-refractivity contribution in [1.29, 1.82) is 0 Å². The summed E-state index contributed by atoms with van der Waals surface area (Å²) in [4.78, 5) is 15.5. The van der Waals surface area contributed by atoms with Crippen molar-refractivity contribution in [1.82, 2.24) is 9.88 Å². The van der Waals surface area contributed by atoms with Gasteiger partial charge in [-0.15, -0.1) is 0 Å². The Bertz CT molecular complexity index is 899. The molecule has 30 heavy (non-hydrogen) atoms. The number of aromatic nitrogens is 1. The van der Waals surface area contributed by atoms with Crippen LogP contribution in [0.25, 0.3) is 11.1 Å². The number of alkyl halides is 3. The molecule has 3 nitrogen and oxygen atoms in total. The largest absolute Gasteiger partial charge is 0.446 e. The van der Waals surface area contributed by atoms with Crippen molar-refractivity contribution in [2.75, 3.05) is 13.6 Å². The van der Waals surface area contributed by atoms with Crippen LogP contribution in [0.1, 0.15) is 43.2 Å². The predicted molar refractivity (Wildman–Crippen MR) is 110 cm³/mol. The quantitative estimate of drug-likeness (QED) is 0.601. The number of carbonyl (C=O) groups is 1. The van der Waals surface area contributed by atoms with Gasteiger partial charge in [-0.25, -0.2) is 0 Å². The van der Waals surface area contributed by atoms with Gasteiger partial charge in [0.15, 0.2) is 0 Å². The summed E-state index contributed by atoms with van der Waals surface area (Å²) in [7, 11) is 2.35. The number of hydrogen-bond donors (Lipinski definition) is 0. The summed E-state index contributed by atoms with van der Waals surface area (Å²) in [6.07, 6.45) is 6.36. The highest BCUT2D eigenvalue weighted by molar-refractivity contribution is 5.65. The van der Waals surface area contributed by atoms with Gasteiger partial charge in [-0.05, 0) is 79.6 Å². The minimum Gasteiger partial charge on any atom is -0.303 e. The Morgan fingerprint density at radius 2 is 1.83 bits per heavy atom. The lowest BCUT2D eigenvalue weighted by Crippen LogP contribution is -2.59. The van der Waals surface area contributed by atoms with Crippen LogP contribution in [0.5, 0.6) is 0 Å². The molecule has 1 aromatic heterocycles. The number of pyridine rings is 1. The monoisotopic (exact) mass is 416 g/mol. The number of benzene rings is 1.